The number of carbonyl (C=O) groups is 2. The van der Waals surface area contributed by atoms with Gasteiger partial charge in [-0.25, -0.2) is 0 Å². The molecule has 5 heteroatoms. The Morgan fingerprint density at radius 3 is 2.32 bits per heavy atom. The van der Waals surface area contributed by atoms with Crippen LogP contribution in [0.3, 0.4) is 0 Å². The molecular weight excluding hydrogens is 308 g/mol. The Morgan fingerprint density at radius 2 is 1.68 bits per heavy atom. The summed E-state index contributed by atoms with van der Waals surface area (Å²) in [4.78, 5) is 22.7. The van der Waals surface area contributed by atoms with Gasteiger partial charge in [-0.05, 0) is 24.1 Å². The van der Waals surface area contributed by atoms with Gasteiger partial charge in [-0.15, -0.1) is 0 Å². The SMILES string of the molecule is CCCC(=O)NCCC(=O)NCc1ccc(Br)cc1. The third-order valence-electron chi connectivity index (χ3n) is 2.55. The maximum Gasteiger partial charge on any atom is 0.222 e. The normalized spacial score (nSPS) is 10.0. The van der Waals surface area contributed by atoms with Crippen LogP contribution in [-0.2, 0) is 16.1 Å². The zero-order valence-electron chi connectivity index (χ0n) is 11.0. The molecule has 104 valence electrons. The summed E-state index contributed by atoms with van der Waals surface area (Å²) in [7, 11) is 0. The Kier molecular flexibility index (Phi) is 7.18. The summed E-state index contributed by atoms with van der Waals surface area (Å²) in [5.41, 5.74) is 1.05. The Bertz CT molecular complexity index is 418. The standard InChI is InChI=1S/C14H19BrN2O2/c1-2-3-13(18)16-9-8-14(19)17-10-11-4-6-12(15)7-5-11/h4-7H,2-3,8-10H2,1H3,(H,16,18)(H,17,19). The van der Waals surface area contributed by atoms with Crippen molar-refractivity contribution in [1.82, 2.24) is 10.6 Å². The molecule has 0 radical (unpaired) electrons. The molecule has 0 heterocycles. The Balaban J connectivity index is 2.17. The first kappa shape index (κ1) is 15.7. The zero-order valence-corrected chi connectivity index (χ0v) is 12.6. The van der Waals surface area contributed by atoms with Gasteiger partial charge in [0.2, 0.25) is 11.8 Å². The fourth-order valence-corrected chi connectivity index (χ4v) is 1.79. The molecule has 4 nitrogen and oxygen atoms in total. The second-order valence-electron chi connectivity index (χ2n) is 4.25. The predicted octanol–water partition coefficient (Wildman–Crippen LogP) is 2.37. The quantitative estimate of drug-likeness (QED) is 0.808. The Labute approximate surface area is 122 Å². The molecule has 1 aromatic carbocycles. The van der Waals surface area contributed by atoms with Gasteiger partial charge in [0, 0.05) is 30.4 Å². The van der Waals surface area contributed by atoms with Crippen LogP contribution < -0.4 is 10.6 Å². The molecule has 0 aliphatic rings. The molecule has 0 fully saturated rings. The molecule has 0 aliphatic carbocycles. The van der Waals surface area contributed by atoms with Crippen molar-refractivity contribution in [2.45, 2.75) is 32.7 Å². The third-order valence-corrected chi connectivity index (χ3v) is 3.08. The van der Waals surface area contributed by atoms with Crippen LogP contribution in [-0.4, -0.2) is 18.4 Å². The topological polar surface area (TPSA) is 58.2 Å². The smallest absolute Gasteiger partial charge is 0.222 e. The molecule has 0 aliphatic heterocycles. The summed E-state index contributed by atoms with van der Waals surface area (Å²) in [6.07, 6.45) is 1.65. The van der Waals surface area contributed by atoms with Crippen molar-refractivity contribution < 1.29 is 9.59 Å². The average Bonchev–Trinajstić information content (AvgIpc) is 2.38. The van der Waals surface area contributed by atoms with Crippen LogP contribution in [0.15, 0.2) is 28.7 Å². The van der Waals surface area contributed by atoms with Crippen LogP contribution in [0.2, 0.25) is 0 Å². The van der Waals surface area contributed by atoms with E-state index in [2.05, 4.69) is 26.6 Å². The summed E-state index contributed by atoms with van der Waals surface area (Å²) in [6.45, 7) is 2.85. The van der Waals surface area contributed by atoms with E-state index in [1.54, 1.807) is 0 Å². The van der Waals surface area contributed by atoms with Gasteiger partial charge >= 0.3 is 0 Å². The number of hydrogen-bond acceptors (Lipinski definition) is 2. The average molecular weight is 327 g/mol. The van der Waals surface area contributed by atoms with Gasteiger partial charge in [-0.3, -0.25) is 9.59 Å². The van der Waals surface area contributed by atoms with E-state index in [4.69, 9.17) is 0 Å². The second kappa shape index (κ2) is 8.69. The third kappa shape index (κ3) is 6.96. The number of halogens is 1. The van der Waals surface area contributed by atoms with Crippen LogP contribution in [0.25, 0.3) is 0 Å². The van der Waals surface area contributed by atoms with E-state index in [1.165, 1.54) is 0 Å². The molecule has 0 unspecified atom stereocenters. The summed E-state index contributed by atoms with van der Waals surface area (Å²) < 4.78 is 1.02. The number of amides is 2. The molecule has 1 aromatic rings. The Hall–Kier alpha value is -1.36. The summed E-state index contributed by atoms with van der Waals surface area (Å²) in [5.74, 6) is -0.0528. The van der Waals surface area contributed by atoms with Gasteiger partial charge < -0.3 is 10.6 Å². The number of hydrogen-bond donors (Lipinski definition) is 2. The molecule has 0 aromatic heterocycles. The van der Waals surface area contributed by atoms with Crippen LogP contribution in [0.1, 0.15) is 31.7 Å². The highest BCUT2D eigenvalue weighted by atomic mass is 79.9. The molecule has 1 rings (SSSR count). The zero-order chi connectivity index (χ0) is 14.1. The van der Waals surface area contributed by atoms with Crippen LogP contribution in [0, 0.1) is 0 Å². The van der Waals surface area contributed by atoms with E-state index < -0.39 is 0 Å². The molecule has 2 amide bonds. The first-order chi connectivity index (χ1) is 9.11. The van der Waals surface area contributed by atoms with Gasteiger partial charge in [-0.1, -0.05) is 35.0 Å². The van der Waals surface area contributed by atoms with Gasteiger partial charge in [0.25, 0.3) is 0 Å². The monoisotopic (exact) mass is 326 g/mol. The van der Waals surface area contributed by atoms with Gasteiger partial charge in [-0.2, -0.15) is 0 Å². The highest BCUT2D eigenvalue weighted by Crippen LogP contribution is 2.10. The van der Waals surface area contributed by atoms with Crippen molar-refractivity contribution in [2.75, 3.05) is 6.54 Å². The molecular formula is C14H19BrN2O2. The lowest BCUT2D eigenvalue weighted by molar-refractivity contribution is -0.122. The van der Waals surface area contributed by atoms with E-state index >= 15 is 0 Å². The number of rotatable bonds is 7. The number of nitrogens with one attached hydrogen (secondary N) is 2. The minimum absolute atomic E-state index is 0.00297. The number of carbonyl (C=O) groups excluding carboxylic acids is 2. The fourth-order valence-electron chi connectivity index (χ4n) is 1.52. The summed E-state index contributed by atoms with van der Waals surface area (Å²) >= 11 is 3.36. The molecule has 2 N–H and O–H groups in total. The van der Waals surface area contributed by atoms with Crippen molar-refractivity contribution in [2.24, 2.45) is 0 Å². The minimum atomic E-state index is -0.0558. The minimum Gasteiger partial charge on any atom is -0.356 e. The highest BCUT2D eigenvalue weighted by Gasteiger charge is 2.03. The molecule has 0 saturated heterocycles. The van der Waals surface area contributed by atoms with E-state index in [9.17, 15) is 9.59 Å². The molecule has 0 saturated carbocycles. The molecule has 0 atom stereocenters. The lowest BCUT2D eigenvalue weighted by Gasteiger charge is -2.06. The molecule has 0 bridgehead atoms. The molecule has 0 spiro atoms. The van der Waals surface area contributed by atoms with Gasteiger partial charge in [0.15, 0.2) is 0 Å². The Morgan fingerprint density at radius 1 is 1.05 bits per heavy atom. The van der Waals surface area contributed by atoms with E-state index in [1.807, 2.05) is 31.2 Å². The van der Waals surface area contributed by atoms with E-state index in [-0.39, 0.29) is 11.8 Å². The van der Waals surface area contributed by atoms with Crippen molar-refractivity contribution in [1.29, 1.82) is 0 Å². The lowest BCUT2D eigenvalue weighted by atomic mass is 10.2. The van der Waals surface area contributed by atoms with Crippen molar-refractivity contribution in [3.05, 3.63) is 34.3 Å². The van der Waals surface area contributed by atoms with Crippen molar-refractivity contribution >= 4 is 27.7 Å². The maximum absolute atomic E-state index is 11.6. The first-order valence-corrected chi connectivity index (χ1v) is 7.19. The highest BCUT2D eigenvalue weighted by molar-refractivity contribution is 9.10. The van der Waals surface area contributed by atoms with Crippen LogP contribution in [0.4, 0.5) is 0 Å². The van der Waals surface area contributed by atoms with E-state index in [0.29, 0.717) is 25.9 Å². The largest absolute Gasteiger partial charge is 0.356 e. The second-order valence-corrected chi connectivity index (χ2v) is 5.17. The van der Waals surface area contributed by atoms with Crippen molar-refractivity contribution in [3.8, 4) is 0 Å². The molecule has 19 heavy (non-hydrogen) atoms. The fraction of sp³-hybridized carbons (Fsp3) is 0.429. The van der Waals surface area contributed by atoms with Crippen molar-refractivity contribution in [3.63, 3.8) is 0 Å². The maximum atomic E-state index is 11.6. The summed E-state index contributed by atoms with van der Waals surface area (Å²) in [6, 6.07) is 7.78. The summed E-state index contributed by atoms with van der Waals surface area (Å²) in [5, 5.41) is 5.53. The van der Waals surface area contributed by atoms with Gasteiger partial charge in [0.05, 0.1) is 0 Å². The first-order valence-electron chi connectivity index (χ1n) is 6.39. The van der Waals surface area contributed by atoms with Crippen LogP contribution in [0.5, 0.6) is 0 Å². The van der Waals surface area contributed by atoms with Gasteiger partial charge in [0.1, 0.15) is 0 Å². The predicted molar refractivity (Wildman–Crippen MR) is 78.5 cm³/mol. The van der Waals surface area contributed by atoms with Crippen LogP contribution >= 0.6 is 15.9 Å². The van der Waals surface area contributed by atoms with E-state index in [0.717, 1.165) is 16.5 Å². The number of benzene rings is 1. The lowest BCUT2D eigenvalue weighted by Crippen LogP contribution is -2.30.